The van der Waals surface area contributed by atoms with Crippen molar-refractivity contribution < 1.29 is 39.5 Å². The number of fused-ring (bicyclic) bond motifs is 1. The van der Waals surface area contributed by atoms with Gasteiger partial charge >= 0.3 is 21.8 Å². The van der Waals surface area contributed by atoms with Gasteiger partial charge in [0.15, 0.2) is 0 Å². The van der Waals surface area contributed by atoms with Crippen molar-refractivity contribution in [2.45, 2.75) is 36.6 Å². The number of hydrogen-bond acceptors (Lipinski definition) is 6. The van der Waals surface area contributed by atoms with Gasteiger partial charge in [-0.15, -0.1) is 0 Å². The van der Waals surface area contributed by atoms with Crippen LogP contribution in [0.3, 0.4) is 0 Å². The van der Waals surface area contributed by atoms with Gasteiger partial charge in [-0.3, -0.25) is 0 Å². The zero-order valence-electron chi connectivity index (χ0n) is 16.1. The number of halogens is 3. The average molecular weight is 466 g/mol. The summed E-state index contributed by atoms with van der Waals surface area (Å²) in [5, 5.41) is 1.14. The van der Waals surface area contributed by atoms with Gasteiger partial charge < -0.3 is 9.47 Å². The summed E-state index contributed by atoms with van der Waals surface area (Å²) in [6, 6.07) is 9.54. The Morgan fingerprint density at radius 3 is 2.47 bits per heavy atom. The highest BCUT2D eigenvalue weighted by molar-refractivity contribution is 8.33. The van der Waals surface area contributed by atoms with E-state index in [1.807, 2.05) is 6.92 Å². The van der Waals surface area contributed by atoms with E-state index >= 15 is 0 Å². The molecule has 0 aliphatic carbocycles. The molecule has 6 nitrogen and oxygen atoms in total. The molecule has 0 unspecified atom stereocenters. The van der Waals surface area contributed by atoms with Gasteiger partial charge in [0.1, 0.15) is 5.75 Å². The van der Waals surface area contributed by atoms with Crippen LogP contribution in [0.1, 0.15) is 26.2 Å². The molecular weight excluding hydrogens is 445 g/mol. The summed E-state index contributed by atoms with van der Waals surface area (Å²) >= 11 is 0. The minimum absolute atomic E-state index is 0.208. The first-order chi connectivity index (χ1) is 14.1. The average Bonchev–Trinajstić information content (AvgIpc) is 3.13. The molecule has 0 atom stereocenters. The van der Waals surface area contributed by atoms with E-state index in [0.717, 1.165) is 0 Å². The quantitative estimate of drug-likeness (QED) is 0.318. The lowest BCUT2D eigenvalue weighted by atomic mass is 10.1. The molecule has 0 radical (unpaired) electrons. The molecule has 0 saturated carbocycles. The highest BCUT2D eigenvalue weighted by Gasteiger charge is 2.52. The molecule has 2 aromatic rings. The van der Waals surface area contributed by atoms with Crippen LogP contribution in [0.4, 0.5) is 18.0 Å². The maximum Gasteiger partial charge on any atom is 0.523 e. The monoisotopic (exact) mass is 466 g/mol. The van der Waals surface area contributed by atoms with Crippen molar-refractivity contribution in [2.24, 2.45) is 0 Å². The van der Waals surface area contributed by atoms with Crippen LogP contribution in [0.25, 0.3) is 10.8 Å². The minimum Gasteiger partial charge on any atom is -0.434 e. The Labute approximate surface area is 173 Å². The molecule has 166 valence electrons. The molecule has 1 saturated heterocycles. The maximum atomic E-state index is 13.0. The molecule has 11 heteroatoms. The van der Waals surface area contributed by atoms with E-state index in [-0.39, 0.29) is 23.9 Å². The molecule has 0 spiro atoms. The lowest BCUT2D eigenvalue weighted by molar-refractivity contribution is -0.0496. The predicted molar refractivity (Wildman–Crippen MR) is 107 cm³/mol. The van der Waals surface area contributed by atoms with Crippen LogP contribution in [0.5, 0.6) is 5.75 Å². The standard InChI is InChI=1S/C19H21F3O6S2/c1-2-10-26-18(23)27-15-8-9-16-14(13-15)6-5-7-17(16)29(11-3-4-12-29)28-30(24,25)19(20,21)22/h5-9,13H,2-4,10-12H2,1H3. The molecule has 0 aromatic heterocycles. The number of benzene rings is 2. The van der Waals surface area contributed by atoms with Crippen LogP contribution in [-0.2, 0) is 18.5 Å². The van der Waals surface area contributed by atoms with Crippen LogP contribution in [0.2, 0.25) is 0 Å². The number of rotatable bonds is 6. The van der Waals surface area contributed by atoms with Gasteiger partial charge in [-0.2, -0.15) is 21.6 Å². The molecule has 1 heterocycles. The van der Waals surface area contributed by atoms with Gasteiger partial charge in [-0.05, 0) is 54.3 Å². The second-order valence-electron chi connectivity index (χ2n) is 6.73. The summed E-state index contributed by atoms with van der Waals surface area (Å²) in [5.41, 5.74) is -5.49. The number of ether oxygens (including phenoxy) is 2. The summed E-state index contributed by atoms with van der Waals surface area (Å²) in [6.07, 6.45) is 0.930. The summed E-state index contributed by atoms with van der Waals surface area (Å²) in [5.74, 6) is 0.659. The van der Waals surface area contributed by atoms with Gasteiger partial charge in [0.25, 0.3) is 0 Å². The molecule has 30 heavy (non-hydrogen) atoms. The second kappa shape index (κ2) is 8.64. The summed E-state index contributed by atoms with van der Waals surface area (Å²) in [4.78, 5) is 12.1. The lowest BCUT2D eigenvalue weighted by Gasteiger charge is -2.35. The Morgan fingerprint density at radius 1 is 1.13 bits per heavy atom. The van der Waals surface area contributed by atoms with Crippen LogP contribution in [0.15, 0.2) is 41.3 Å². The van der Waals surface area contributed by atoms with Crippen LogP contribution in [-0.4, -0.2) is 38.2 Å². The highest BCUT2D eigenvalue weighted by Crippen LogP contribution is 2.65. The van der Waals surface area contributed by atoms with E-state index in [0.29, 0.717) is 34.9 Å². The largest absolute Gasteiger partial charge is 0.523 e. The van der Waals surface area contributed by atoms with Gasteiger partial charge in [0.05, 0.1) is 6.61 Å². The van der Waals surface area contributed by atoms with Crippen LogP contribution < -0.4 is 4.74 Å². The molecular formula is C19H21F3O6S2. The second-order valence-corrected chi connectivity index (χ2v) is 11.5. The van der Waals surface area contributed by atoms with Crippen LogP contribution in [0, 0.1) is 0 Å². The molecule has 0 bridgehead atoms. The van der Waals surface area contributed by atoms with Gasteiger partial charge in [0, 0.05) is 16.4 Å². The fourth-order valence-electron chi connectivity index (χ4n) is 3.24. The Bertz CT molecular complexity index is 1030. The maximum absolute atomic E-state index is 13.0. The van der Waals surface area contributed by atoms with Gasteiger partial charge in [0.2, 0.25) is 0 Å². The molecule has 1 aliphatic rings. The normalized spacial score (nSPS) is 17.6. The third kappa shape index (κ3) is 4.68. The number of hydrogen-bond donors (Lipinski definition) is 0. The van der Waals surface area contributed by atoms with E-state index in [1.165, 1.54) is 6.07 Å². The highest BCUT2D eigenvalue weighted by atomic mass is 32.3. The Kier molecular flexibility index (Phi) is 6.54. The predicted octanol–water partition coefficient (Wildman–Crippen LogP) is 5.50. The van der Waals surface area contributed by atoms with Crippen molar-refractivity contribution in [3.8, 4) is 5.75 Å². The van der Waals surface area contributed by atoms with E-state index < -0.39 is 32.1 Å². The fraction of sp³-hybridized carbons (Fsp3) is 0.421. The number of alkyl halides is 3. The van der Waals surface area contributed by atoms with E-state index in [4.69, 9.17) is 13.1 Å². The third-order valence-electron chi connectivity index (χ3n) is 4.54. The molecule has 0 N–H and O–H groups in total. The Hall–Kier alpha value is -1.98. The zero-order valence-corrected chi connectivity index (χ0v) is 17.7. The van der Waals surface area contributed by atoms with Crippen molar-refractivity contribution in [1.82, 2.24) is 0 Å². The number of carbonyl (C=O) groups is 1. The van der Waals surface area contributed by atoms with E-state index in [1.54, 1.807) is 30.3 Å². The lowest BCUT2D eigenvalue weighted by Crippen LogP contribution is -2.27. The van der Waals surface area contributed by atoms with Crippen LogP contribution >= 0.6 is 10.3 Å². The van der Waals surface area contributed by atoms with Gasteiger partial charge in [-0.1, -0.05) is 29.4 Å². The molecule has 1 fully saturated rings. The zero-order chi connectivity index (χ0) is 22.0. The molecule has 0 amide bonds. The summed E-state index contributed by atoms with van der Waals surface area (Å²) < 4.78 is 77.4. The molecule has 1 aliphatic heterocycles. The summed E-state index contributed by atoms with van der Waals surface area (Å²) in [7, 11) is -8.43. The van der Waals surface area contributed by atoms with Crippen molar-refractivity contribution in [3.05, 3.63) is 36.4 Å². The van der Waals surface area contributed by atoms with E-state index in [9.17, 15) is 26.4 Å². The van der Waals surface area contributed by atoms with Crippen molar-refractivity contribution >= 4 is 37.4 Å². The first-order valence-corrected chi connectivity index (χ1v) is 12.6. The fourth-order valence-corrected chi connectivity index (χ4v) is 8.65. The van der Waals surface area contributed by atoms with Crippen molar-refractivity contribution in [1.29, 1.82) is 0 Å². The smallest absolute Gasteiger partial charge is 0.434 e. The van der Waals surface area contributed by atoms with Crippen molar-refractivity contribution in [2.75, 3.05) is 18.1 Å². The molecule has 3 rings (SSSR count). The topological polar surface area (TPSA) is 78.9 Å². The minimum atomic E-state index is -5.74. The third-order valence-corrected chi connectivity index (χ3v) is 9.92. The summed E-state index contributed by atoms with van der Waals surface area (Å²) in [6.45, 7) is 2.06. The first-order valence-electron chi connectivity index (χ1n) is 9.26. The van der Waals surface area contributed by atoms with Crippen molar-refractivity contribution in [3.63, 3.8) is 0 Å². The number of carbonyl (C=O) groups excluding carboxylic acids is 1. The SMILES string of the molecule is CCCOC(=O)Oc1ccc2c(S3(OS(=O)(=O)C(F)(F)F)CCCC3)cccc2c1. The Morgan fingerprint density at radius 2 is 1.83 bits per heavy atom. The first kappa shape index (κ1) is 22.7. The Balaban J connectivity index is 1.99. The molecule has 2 aromatic carbocycles. The van der Waals surface area contributed by atoms with Gasteiger partial charge in [-0.25, -0.2) is 8.42 Å². The van der Waals surface area contributed by atoms with E-state index in [2.05, 4.69) is 0 Å².